The van der Waals surface area contributed by atoms with E-state index >= 15 is 0 Å². The van der Waals surface area contributed by atoms with Crippen molar-refractivity contribution in [2.75, 3.05) is 18.8 Å². The number of carbonyl (C=O) groups excluding carboxylic acids is 1. The molecule has 28 heavy (non-hydrogen) atoms. The van der Waals surface area contributed by atoms with Crippen LogP contribution in [-0.2, 0) is 9.54 Å². The van der Waals surface area contributed by atoms with Gasteiger partial charge in [-0.2, -0.15) is 0 Å². The predicted molar refractivity (Wildman–Crippen MR) is 118 cm³/mol. The Hall–Kier alpha value is -2.56. The van der Waals surface area contributed by atoms with Gasteiger partial charge in [-0.15, -0.1) is 11.8 Å². The smallest absolute Gasteiger partial charge is 0.220 e. The summed E-state index contributed by atoms with van der Waals surface area (Å²) in [5, 5.41) is 2.86. The van der Waals surface area contributed by atoms with Crippen LogP contribution in [-0.4, -0.2) is 24.7 Å². The fourth-order valence-electron chi connectivity index (χ4n) is 3.37. The molecule has 4 heteroatoms. The van der Waals surface area contributed by atoms with E-state index in [9.17, 15) is 4.79 Å². The van der Waals surface area contributed by atoms with Crippen molar-refractivity contribution in [1.29, 1.82) is 0 Å². The number of thioether (sulfide) groups is 1. The van der Waals surface area contributed by atoms with E-state index in [1.165, 1.54) is 16.7 Å². The van der Waals surface area contributed by atoms with Crippen molar-refractivity contribution in [3.8, 4) is 0 Å². The van der Waals surface area contributed by atoms with Crippen molar-refractivity contribution in [1.82, 2.24) is 5.32 Å². The molecule has 0 fully saturated rings. The van der Waals surface area contributed by atoms with E-state index in [2.05, 4.69) is 78.1 Å². The fourth-order valence-corrected chi connectivity index (χ4v) is 4.87. The molecule has 0 aromatic heterocycles. The Morgan fingerprint density at radius 1 is 0.786 bits per heavy atom. The zero-order valence-corrected chi connectivity index (χ0v) is 16.7. The molecule has 1 amide bonds. The second kappa shape index (κ2) is 10.1. The quantitative estimate of drug-likeness (QED) is 0.539. The monoisotopic (exact) mass is 390 g/mol. The minimum Gasteiger partial charge on any atom is -0.355 e. The number of nitrogens with two attached hydrogens (primary N) is 1. The van der Waals surface area contributed by atoms with Crippen LogP contribution in [0.1, 0.15) is 23.1 Å². The van der Waals surface area contributed by atoms with E-state index in [1.54, 1.807) is 11.8 Å². The van der Waals surface area contributed by atoms with Crippen molar-refractivity contribution in [2.24, 2.45) is 5.73 Å². The van der Waals surface area contributed by atoms with E-state index in [4.69, 9.17) is 5.73 Å². The molecule has 0 unspecified atom stereocenters. The summed E-state index contributed by atoms with van der Waals surface area (Å²) in [5.41, 5.74) is 9.11. The Labute approximate surface area is 171 Å². The first-order valence-corrected chi connectivity index (χ1v) is 10.5. The Morgan fingerprint density at radius 2 is 1.21 bits per heavy atom. The van der Waals surface area contributed by atoms with Crippen molar-refractivity contribution < 1.29 is 4.79 Å². The molecular formula is C24H26N2OS. The average molecular weight is 391 g/mol. The highest BCUT2D eigenvalue weighted by atomic mass is 32.2. The second-order valence-corrected chi connectivity index (χ2v) is 7.83. The molecule has 0 saturated heterocycles. The molecule has 0 aliphatic carbocycles. The minimum absolute atomic E-state index is 0.0426. The number of carbonyl (C=O) groups is 1. The second-order valence-electron chi connectivity index (χ2n) is 6.52. The van der Waals surface area contributed by atoms with Gasteiger partial charge < -0.3 is 11.1 Å². The van der Waals surface area contributed by atoms with Gasteiger partial charge >= 0.3 is 0 Å². The van der Waals surface area contributed by atoms with Gasteiger partial charge in [0.1, 0.15) is 0 Å². The van der Waals surface area contributed by atoms with Crippen LogP contribution in [0.25, 0.3) is 0 Å². The summed E-state index contributed by atoms with van der Waals surface area (Å²) in [6.45, 7) is 0.978. The number of benzene rings is 3. The fraction of sp³-hybridized carbons (Fsp3) is 0.208. The van der Waals surface area contributed by atoms with Crippen LogP contribution in [0.5, 0.6) is 0 Å². The first kappa shape index (κ1) is 20.2. The van der Waals surface area contributed by atoms with Gasteiger partial charge in [0.05, 0.1) is 4.75 Å². The van der Waals surface area contributed by atoms with Crippen LogP contribution in [0.4, 0.5) is 0 Å². The first-order chi connectivity index (χ1) is 13.8. The van der Waals surface area contributed by atoms with Crippen molar-refractivity contribution >= 4 is 17.7 Å². The van der Waals surface area contributed by atoms with Crippen molar-refractivity contribution in [3.05, 3.63) is 108 Å². The maximum Gasteiger partial charge on any atom is 0.220 e. The van der Waals surface area contributed by atoms with Gasteiger partial charge in [-0.25, -0.2) is 0 Å². The highest BCUT2D eigenvalue weighted by molar-refractivity contribution is 8.00. The van der Waals surface area contributed by atoms with Crippen molar-refractivity contribution in [3.63, 3.8) is 0 Å². The Morgan fingerprint density at radius 3 is 1.61 bits per heavy atom. The van der Waals surface area contributed by atoms with Gasteiger partial charge in [0.25, 0.3) is 0 Å². The molecule has 3 rings (SSSR count). The summed E-state index contributed by atoms with van der Waals surface area (Å²) in [7, 11) is 0. The van der Waals surface area contributed by atoms with E-state index < -0.39 is 0 Å². The minimum atomic E-state index is -0.377. The molecule has 3 aromatic carbocycles. The highest BCUT2D eigenvalue weighted by Crippen LogP contribution is 2.48. The Balaban J connectivity index is 2.00. The lowest BCUT2D eigenvalue weighted by molar-refractivity contribution is -0.120. The van der Waals surface area contributed by atoms with E-state index in [0.29, 0.717) is 25.3 Å². The van der Waals surface area contributed by atoms with E-state index in [1.807, 2.05) is 18.2 Å². The normalized spacial score (nSPS) is 11.2. The SMILES string of the molecule is NCCNC(=O)CCSC(c1ccccc1)(c1ccccc1)c1ccccc1. The van der Waals surface area contributed by atoms with E-state index in [0.717, 1.165) is 0 Å². The summed E-state index contributed by atoms with van der Waals surface area (Å²) >= 11 is 1.80. The lowest BCUT2D eigenvalue weighted by Crippen LogP contribution is -2.30. The molecule has 0 aliphatic rings. The summed E-state index contributed by atoms with van der Waals surface area (Å²) < 4.78 is -0.377. The van der Waals surface area contributed by atoms with Gasteiger partial charge in [-0.1, -0.05) is 91.0 Å². The molecule has 3 N–H and O–H groups in total. The van der Waals surface area contributed by atoms with Crippen LogP contribution in [0.2, 0.25) is 0 Å². The lowest BCUT2D eigenvalue weighted by atomic mass is 9.84. The summed E-state index contributed by atoms with van der Waals surface area (Å²) in [4.78, 5) is 12.1. The molecule has 0 bridgehead atoms. The molecule has 0 saturated carbocycles. The van der Waals surface area contributed by atoms with Crippen LogP contribution in [0.15, 0.2) is 91.0 Å². The van der Waals surface area contributed by atoms with Gasteiger partial charge in [-0.3, -0.25) is 4.79 Å². The zero-order chi connectivity index (χ0) is 19.7. The molecule has 0 radical (unpaired) electrons. The first-order valence-electron chi connectivity index (χ1n) is 9.54. The third kappa shape index (κ3) is 4.64. The van der Waals surface area contributed by atoms with Crippen LogP contribution in [0.3, 0.4) is 0 Å². The Kier molecular flexibility index (Phi) is 7.29. The number of amides is 1. The number of hydrogen-bond acceptors (Lipinski definition) is 3. The molecule has 3 nitrogen and oxygen atoms in total. The van der Waals surface area contributed by atoms with Gasteiger partial charge in [0, 0.05) is 25.3 Å². The molecular weight excluding hydrogens is 364 g/mol. The third-order valence-corrected chi connectivity index (χ3v) is 6.20. The Bertz CT molecular complexity index is 757. The lowest BCUT2D eigenvalue weighted by Gasteiger charge is -2.35. The molecule has 0 heterocycles. The molecule has 0 atom stereocenters. The van der Waals surface area contributed by atoms with Crippen LogP contribution >= 0.6 is 11.8 Å². The third-order valence-electron chi connectivity index (χ3n) is 4.66. The van der Waals surface area contributed by atoms with Gasteiger partial charge in [0.15, 0.2) is 0 Å². The zero-order valence-electron chi connectivity index (χ0n) is 15.9. The molecule has 3 aromatic rings. The maximum absolute atomic E-state index is 12.1. The highest BCUT2D eigenvalue weighted by Gasteiger charge is 2.36. The van der Waals surface area contributed by atoms with Gasteiger partial charge in [0.2, 0.25) is 5.91 Å². The summed E-state index contributed by atoms with van der Waals surface area (Å²) in [6, 6.07) is 31.6. The van der Waals surface area contributed by atoms with Crippen LogP contribution < -0.4 is 11.1 Å². The standard InChI is InChI=1S/C24H26N2OS/c25-17-18-26-23(27)16-19-28-24(20-10-4-1-5-11-20,21-12-6-2-7-13-21)22-14-8-3-9-15-22/h1-15H,16-19,25H2,(H,26,27). The summed E-state index contributed by atoms with van der Waals surface area (Å²) in [5.74, 6) is 0.746. The largest absolute Gasteiger partial charge is 0.355 e. The van der Waals surface area contributed by atoms with E-state index in [-0.39, 0.29) is 10.7 Å². The molecule has 0 aliphatic heterocycles. The number of rotatable bonds is 9. The van der Waals surface area contributed by atoms with Crippen LogP contribution in [0, 0.1) is 0 Å². The van der Waals surface area contributed by atoms with Crippen molar-refractivity contribution in [2.45, 2.75) is 11.2 Å². The average Bonchev–Trinajstić information content (AvgIpc) is 2.77. The topological polar surface area (TPSA) is 55.1 Å². The maximum atomic E-state index is 12.1. The number of hydrogen-bond donors (Lipinski definition) is 2. The van der Waals surface area contributed by atoms with Gasteiger partial charge in [-0.05, 0) is 16.7 Å². The number of nitrogens with one attached hydrogen (secondary N) is 1. The molecule has 0 spiro atoms. The summed E-state index contributed by atoms with van der Waals surface area (Å²) in [6.07, 6.45) is 0.457. The predicted octanol–water partition coefficient (Wildman–Crippen LogP) is 4.18. The molecule has 144 valence electrons.